The summed E-state index contributed by atoms with van der Waals surface area (Å²) in [6, 6.07) is 4.12. The van der Waals surface area contributed by atoms with Crippen molar-refractivity contribution in [3.05, 3.63) is 22.9 Å². The lowest BCUT2D eigenvalue weighted by Crippen LogP contribution is -2.24. The highest BCUT2D eigenvalue weighted by atomic mass is 16.7. The van der Waals surface area contributed by atoms with Crippen molar-refractivity contribution >= 4 is 5.82 Å². The van der Waals surface area contributed by atoms with Crippen LogP contribution < -0.4 is 5.32 Å². The van der Waals surface area contributed by atoms with E-state index in [0.29, 0.717) is 17.9 Å². The number of nitriles is 1. The molecule has 5 nitrogen and oxygen atoms in total. The molecule has 0 atom stereocenters. The van der Waals surface area contributed by atoms with Crippen LogP contribution in [0.3, 0.4) is 0 Å². The molecule has 2 rings (SSSR count). The number of aryl methyl sites for hydroxylation is 2. The number of aromatic nitrogens is 1. The van der Waals surface area contributed by atoms with E-state index in [1.165, 1.54) is 5.56 Å². The molecule has 0 amide bonds. The average molecular weight is 247 g/mol. The lowest BCUT2D eigenvalue weighted by molar-refractivity contribution is -0.0914. The number of methoxy groups -OCH3 is 2. The van der Waals surface area contributed by atoms with Gasteiger partial charge < -0.3 is 14.8 Å². The number of hydrogen-bond acceptors (Lipinski definition) is 5. The summed E-state index contributed by atoms with van der Waals surface area (Å²) < 4.78 is 10.2. The first-order valence-electron chi connectivity index (χ1n) is 6.00. The molecule has 0 unspecified atom stereocenters. The van der Waals surface area contributed by atoms with Gasteiger partial charge >= 0.3 is 0 Å². The molecule has 0 saturated heterocycles. The highest BCUT2D eigenvalue weighted by Gasteiger charge is 2.17. The number of hydrogen-bond donors (Lipinski definition) is 1. The number of rotatable bonds is 5. The summed E-state index contributed by atoms with van der Waals surface area (Å²) in [5, 5.41) is 12.2. The summed E-state index contributed by atoms with van der Waals surface area (Å²) in [6.45, 7) is 0.466. The van der Waals surface area contributed by atoms with Gasteiger partial charge in [0.2, 0.25) is 0 Å². The van der Waals surface area contributed by atoms with Gasteiger partial charge in [-0.1, -0.05) is 0 Å². The fraction of sp³-hybridized carbons (Fsp3) is 0.538. The number of anilines is 1. The average Bonchev–Trinajstić information content (AvgIpc) is 2.85. The highest BCUT2D eigenvalue weighted by Crippen LogP contribution is 2.24. The first kappa shape index (κ1) is 12.8. The van der Waals surface area contributed by atoms with Crippen molar-refractivity contribution in [3.63, 3.8) is 0 Å². The quantitative estimate of drug-likeness (QED) is 0.798. The Balaban J connectivity index is 2.15. The Bertz CT molecular complexity index is 464. The Hall–Kier alpha value is -1.64. The molecule has 0 spiro atoms. The van der Waals surface area contributed by atoms with Crippen molar-refractivity contribution in [1.29, 1.82) is 5.26 Å². The first-order chi connectivity index (χ1) is 8.78. The molecule has 1 aliphatic carbocycles. The standard InChI is InChI=1S/C13H17N3O2/c1-17-12(18-2)8-15-13-10(7-14)6-9-4-3-5-11(9)16-13/h6,12H,3-5,8H2,1-2H3,(H,15,16). The van der Waals surface area contributed by atoms with Crippen molar-refractivity contribution in [2.75, 3.05) is 26.1 Å². The molecule has 5 heteroatoms. The summed E-state index contributed by atoms with van der Waals surface area (Å²) in [6.07, 6.45) is 2.80. The molecular weight excluding hydrogens is 230 g/mol. The molecule has 18 heavy (non-hydrogen) atoms. The Morgan fingerprint density at radius 2 is 2.22 bits per heavy atom. The Labute approximate surface area is 107 Å². The molecule has 0 aromatic carbocycles. The molecule has 0 radical (unpaired) electrons. The van der Waals surface area contributed by atoms with Gasteiger partial charge in [-0.15, -0.1) is 0 Å². The Morgan fingerprint density at radius 1 is 1.44 bits per heavy atom. The van der Waals surface area contributed by atoms with Gasteiger partial charge in [-0.25, -0.2) is 4.98 Å². The van der Waals surface area contributed by atoms with Crippen LogP contribution in [0.25, 0.3) is 0 Å². The van der Waals surface area contributed by atoms with Crippen LogP contribution in [0.5, 0.6) is 0 Å². The van der Waals surface area contributed by atoms with Gasteiger partial charge in [0.15, 0.2) is 6.29 Å². The van der Waals surface area contributed by atoms with Crippen molar-refractivity contribution in [2.45, 2.75) is 25.6 Å². The van der Waals surface area contributed by atoms with Crippen molar-refractivity contribution in [2.24, 2.45) is 0 Å². The second kappa shape index (κ2) is 5.80. The number of fused-ring (bicyclic) bond motifs is 1. The zero-order valence-corrected chi connectivity index (χ0v) is 10.7. The van der Waals surface area contributed by atoms with Crippen molar-refractivity contribution in [1.82, 2.24) is 4.98 Å². The predicted molar refractivity (Wildman–Crippen MR) is 67.3 cm³/mol. The third-order valence-corrected chi connectivity index (χ3v) is 3.13. The Morgan fingerprint density at radius 3 is 2.89 bits per heavy atom. The largest absolute Gasteiger partial charge is 0.364 e. The van der Waals surface area contributed by atoms with Crippen LogP contribution in [-0.2, 0) is 22.3 Å². The number of pyridine rings is 1. The van der Waals surface area contributed by atoms with Crippen LogP contribution in [0, 0.1) is 11.3 Å². The summed E-state index contributed by atoms with van der Waals surface area (Å²) in [5.41, 5.74) is 2.89. The van der Waals surface area contributed by atoms with E-state index in [-0.39, 0.29) is 6.29 Å². The van der Waals surface area contributed by atoms with E-state index >= 15 is 0 Å². The van der Waals surface area contributed by atoms with Crippen molar-refractivity contribution < 1.29 is 9.47 Å². The van der Waals surface area contributed by atoms with Gasteiger partial charge in [-0.05, 0) is 30.9 Å². The van der Waals surface area contributed by atoms with Gasteiger partial charge in [-0.2, -0.15) is 5.26 Å². The fourth-order valence-electron chi connectivity index (χ4n) is 2.13. The minimum atomic E-state index is -0.341. The molecule has 0 aliphatic heterocycles. The summed E-state index contributed by atoms with van der Waals surface area (Å²) >= 11 is 0. The smallest absolute Gasteiger partial charge is 0.173 e. The van der Waals surface area contributed by atoms with Gasteiger partial charge in [0.1, 0.15) is 11.9 Å². The second-order valence-electron chi connectivity index (χ2n) is 4.24. The van der Waals surface area contributed by atoms with Crippen LogP contribution in [0.15, 0.2) is 6.07 Å². The predicted octanol–water partition coefficient (Wildman–Crippen LogP) is 1.47. The highest BCUT2D eigenvalue weighted by molar-refractivity contribution is 5.55. The number of ether oxygens (including phenoxy) is 2. The van der Waals surface area contributed by atoms with E-state index in [0.717, 1.165) is 25.0 Å². The molecule has 0 bridgehead atoms. The lowest BCUT2D eigenvalue weighted by atomic mass is 10.1. The molecule has 96 valence electrons. The second-order valence-corrected chi connectivity index (χ2v) is 4.24. The SMILES string of the molecule is COC(CNc1nc2c(cc1C#N)CCC2)OC. The Kier molecular flexibility index (Phi) is 4.13. The van der Waals surface area contributed by atoms with E-state index in [9.17, 15) is 0 Å². The third-order valence-electron chi connectivity index (χ3n) is 3.13. The van der Waals surface area contributed by atoms with E-state index in [1.807, 2.05) is 6.07 Å². The topological polar surface area (TPSA) is 67.2 Å². The molecule has 1 N–H and O–H groups in total. The minimum Gasteiger partial charge on any atom is -0.364 e. The van der Waals surface area contributed by atoms with E-state index in [2.05, 4.69) is 16.4 Å². The monoisotopic (exact) mass is 247 g/mol. The maximum absolute atomic E-state index is 9.14. The third kappa shape index (κ3) is 2.61. The van der Waals surface area contributed by atoms with Gasteiger partial charge in [0.05, 0.1) is 12.1 Å². The first-order valence-corrected chi connectivity index (χ1v) is 6.00. The molecule has 0 fully saturated rings. The maximum Gasteiger partial charge on any atom is 0.173 e. The molecule has 1 aromatic heterocycles. The van der Waals surface area contributed by atoms with E-state index in [1.54, 1.807) is 14.2 Å². The molecule has 1 heterocycles. The van der Waals surface area contributed by atoms with Crippen LogP contribution in [-0.4, -0.2) is 32.0 Å². The van der Waals surface area contributed by atoms with Crippen LogP contribution >= 0.6 is 0 Å². The van der Waals surface area contributed by atoms with Crippen LogP contribution in [0.1, 0.15) is 23.2 Å². The molecular formula is C13H17N3O2. The van der Waals surface area contributed by atoms with Gasteiger partial charge in [-0.3, -0.25) is 0 Å². The van der Waals surface area contributed by atoms with Gasteiger partial charge in [0, 0.05) is 19.9 Å². The maximum atomic E-state index is 9.14. The molecule has 1 aromatic rings. The normalized spacial score (nSPS) is 13.4. The molecule has 0 saturated carbocycles. The van der Waals surface area contributed by atoms with E-state index < -0.39 is 0 Å². The summed E-state index contributed by atoms with van der Waals surface area (Å²) in [7, 11) is 3.16. The zero-order chi connectivity index (χ0) is 13.0. The van der Waals surface area contributed by atoms with E-state index in [4.69, 9.17) is 14.7 Å². The van der Waals surface area contributed by atoms with Crippen LogP contribution in [0.4, 0.5) is 5.82 Å². The zero-order valence-electron chi connectivity index (χ0n) is 10.7. The minimum absolute atomic E-state index is 0.341. The van der Waals surface area contributed by atoms with Crippen LogP contribution in [0.2, 0.25) is 0 Å². The van der Waals surface area contributed by atoms with Crippen molar-refractivity contribution in [3.8, 4) is 6.07 Å². The summed E-state index contributed by atoms with van der Waals surface area (Å²) in [4.78, 5) is 4.52. The summed E-state index contributed by atoms with van der Waals surface area (Å²) in [5.74, 6) is 0.622. The lowest BCUT2D eigenvalue weighted by Gasteiger charge is -2.15. The number of nitrogens with zero attached hydrogens (tertiary/aromatic N) is 2. The van der Waals surface area contributed by atoms with Gasteiger partial charge in [0.25, 0.3) is 0 Å². The number of nitrogens with one attached hydrogen (secondary N) is 1. The molecule has 1 aliphatic rings. The fourth-order valence-corrected chi connectivity index (χ4v) is 2.13.